The molecule has 0 heterocycles. The van der Waals surface area contributed by atoms with Gasteiger partial charge in [0.05, 0.1) is 0 Å². The molecular weight excluding hydrogens is 342 g/mol. The summed E-state index contributed by atoms with van der Waals surface area (Å²) >= 11 is 0. The van der Waals surface area contributed by atoms with Crippen LogP contribution in [0.4, 0.5) is 16.2 Å². The summed E-state index contributed by atoms with van der Waals surface area (Å²) in [6.45, 7) is 6.10. The third kappa shape index (κ3) is 7.92. The highest BCUT2D eigenvalue weighted by Crippen LogP contribution is 2.12. The molecule has 6 nitrogen and oxygen atoms in total. The molecule has 27 heavy (non-hydrogen) atoms. The van der Waals surface area contributed by atoms with E-state index in [-0.39, 0.29) is 11.9 Å². The normalized spacial score (nSPS) is 10.5. The van der Waals surface area contributed by atoms with Crippen molar-refractivity contribution in [3.63, 3.8) is 0 Å². The van der Waals surface area contributed by atoms with Crippen LogP contribution in [0.2, 0.25) is 0 Å². The van der Waals surface area contributed by atoms with Gasteiger partial charge in [0.2, 0.25) is 0 Å². The van der Waals surface area contributed by atoms with Gasteiger partial charge in [-0.2, -0.15) is 0 Å². The molecule has 6 heteroatoms. The SMILES string of the molecule is CC(C)COCCCNC(=O)Nc1ccc(C(=O)Nc2ccccc2)cc1. The van der Waals surface area contributed by atoms with E-state index in [1.54, 1.807) is 24.3 Å². The third-order valence-corrected chi connectivity index (χ3v) is 3.64. The van der Waals surface area contributed by atoms with Gasteiger partial charge in [0.25, 0.3) is 5.91 Å². The Balaban J connectivity index is 1.71. The lowest BCUT2D eigenvalue weighted by Crippen LogP contribution is -2.30. The third-order valence-electron chi connectivity index (χ3n) is 3.64. The molecule has 0 fully saturated rings. The number of carbonyl (C=O) groups is 2. The van der Waals surface area contributed by atoms with Crippen molar-refractivity contribution >= 4 is 23.3 Å². The first-order valence-corrected chi connectivity index (χ1v) is 9.13. The van der Waals surface area contributed by atoms with Crippen molar-refractivity contribution < 1.29 is 14.3 Å². The number of ether oxygens (including phenoxy) is 1. The van der Waals surface area contributed by atoms with Crippen LogP contribution in [-0.2, 0) is 4.74 Å². The molecular formula is C21H27N3O3. The lowest BCUT2D eigenvalue weighted by Gasteiger charge is -2.10. The van der Waals surface area contributed by atoms with Crippen LogP contribution >= 0.6 is 0 Å². The van der Waals surface area contributed by atoms with Gasteiger partial charge in [0.1, 0.15) is 0 Å². The van der Waals surface area contributed by atoms with E-state index in [1.165, 1.54) is 0 Å². The lowest BCUT2D eigenvalue weighted by molar-refractivity contribution is 0.102. The molecule has 3 N–H and O–H groups in total. The minimum atomic E-state index is -0.277. The predicted molar refractivity (Wildman–Crippen MR) is 108 cm³/mol. The quantitative estimate of drug-likeness (QED) is 0.582. The molecule has 0 saturated heterocycles. The number of urea groups is 1. The van der Waals surface area contributed by atoms with Gasteiger partial charge in [-0.15, -0.1) is 0 Å². The van der Waals surface area contributed by atoms with Gasteiger partial charge >= 0.3 is 6.03 Å². The van der Waals surface area contributed by atoms with Crippen LogP contribution in [0.3, 0.4) is 0 Å². The van der Waals surface area contributed by atoms with Gasteiger partial charge in [0.15, 0.2) is 0 Å². The van der Waals surface area contributed by atoms with E-state index >= 15 is 0 Å². The predicted octanol–water partition coefficient (Wildman–Crippen LogP) is 4.12. The van der Waals surface area contributed by atoms with Crippen LogP contribution in [0.25, 0.3) is 0 Å². The highest BCUT2D eigenvalue weighted by atomic mass is 16.5. The van der Waals surface area contributed by atoms with Crippen molar-refractivity contribution in [3.05, 3.63) is 60.2 Å². The highest BCUT2D eigenvalue weighted by Gasteiger charge is 2.07. The second-order valence-corrected chi connectivity index (χ2v) is 6.60. The number of hydrogen-bond acceptors (Lipinski definition) is 3. The van der Waals surface area contributed by atoms with Crippen molar-refractivity contribution in [2.75, 3.05) is 30.4 Å². The zero-order valence-electron chi connectivity index (χ0n) is 15.8. The molecule has 0 bridgehead atoms. The van der Waals surface area contributed by atoms with Crippen molar-refractivity contribution in [3.8, 4) is 0 Å². The fourth-order valence-electron chi connectivity index (χ4n) is 2.30. The Bertz CT molecular complexity index is 715. The zero-order valence-corrected chi connectivity index (χ0v) is 15.8. The molecule has 0 radical (unpaired) electrons. The molecule has 0 spiro atoms. The molecule has 0 aliphatic rings. The minimum Gasteiger partial charge on any atom is -0.381 e. The fourth-order valence-corrected chi connectivity index (χ4v) is 2.30. The number of nitrogens with one attached hydrogen (secondary N) is 3. The number of hydrogen-bond donors (Lipinski definition) is 3. The number of carbonyl (C=O) groups excluding carboxylic acids is 2. The Kier molecular flexibility index (Phi) is 8.32. The minimum absolute atomic E-state index is 0.196. The maximum atomic E-state index is 12.2. The average molecular weight is 369 g/mol. The summed E-state index contributed by atoms with van der Waals surface area (Å²) < 4.78 is 5.46. The summed E-state index contributed by atoms with van der Waals surface area (Å²) in [6, 6.07) is 15.7. The summed E-state index contributed by atoms with van der Waals surface area (Å²) in [5.74, 6) is 0.317. The monoisotopic (exact) mass is 369 g/mol. The van der Waals surface area contributed by atoms with Crippen molar-refractivity contribution in [2.24, 2.45) is 5.92 Å². The molecule has 2 aromatic carbocycles. The van der Waals surface area contributed by atoms with Crippen molar-refractivity contribution in [1.82, 2.24) is 5.32 Å². The second kappa shape index (κ2) is 11.0. The maximum absolute atomic E-state index is 12.2. The Morgan fingerprint density at radius 1 is 0.926 bits per heavy atom. The van der Waals surface area contributed by atoms with Crippen molar-refractivity contribution in [1.29, 1.82) is 0 Å². The van der Waals surface area contributed by atoms with Crippen LogP contribution in [0, 0.1) is 5.92 Å². The highest BCUT2D eigenvalue weighted by molar-refractivity contribution is 6.04. The van der Waals surface area contributed by atoms with E-state index in [0.29, 0.717) is 30.3 Å². The van der Waals surface area contributed by atoms with Gasteiger partial charge in [-0.3, -0.25) is 4.79 Å². The zero-order chi connectivity index (χ0) is 19.5. The van der Waals surface area contributed by atoms with Crippen LogP contribution < -0.4 is 16.0 Å². The Morgan fingerprint density at radius 2 is 1.59 bits per heavy atom. The molecule has 0 aliphatic carbocycles. The topological polar surface area (TPSA) is 79.5 Å². The van der Waals surface area contributed by atoms with Crippen LogP contribution in [0.5, 0.6) is 0 Å². The largest absolute Gasteiger partial charge is 0.381 e. The Morgan fingerprint density at radius 3 is 2.26 bits per heavy atom. The van der Waals surface area contributed by atoms with Gasteiger partial charge in [-0.25, -0.2) is 4.79 Å². The number of benzene rings is 2. The summed E-state index contributed by atoms with van der Waals surface area (Å²) in [5, 5.41) is 8.34. The first-order valence-electron chi connectivity index (χ1n) is 9.13. The van der Waals surface area contributed by atoms with E-state index in [2.05, 4.69) is 29.8 Å². The standard InChI is InChI=1S/C21H27N3O3/c1-16(2)15-27-14-6-13-22-21(26)24-19-11-9-17(10-12-19)20(25)23-18-7-4-3-5-8-18/h3-5,7-12,16H,6,13-15H2,1-2H3,(H,23,25)(H2,22,24,26). The van der Waals surface area contributed by atoms with E-state index in [9.17, 15) is 9.59 Å². The first kappa shape index (κ1) is 20.5. The summed E-state index contributed by atoms with van der Waals surface area (Å²) in [6.07, 6.45) is 0.763. The lowest BCUT2D eigenvalue weighted by atomic mass is 10.2. The van der Waals surface area contributed by atoms with Crippen LogP contribution in [0.1, 0.15) is 30.6 Å². The van der Waals surface area contributed by atoms with E-state index in [4.69, 9.17) is 4.74 Å². The first-order chi connectivity index (χ1) is 13.0. The average Bonchev–Trinajstić information content (AvgIpc) is 2.65. The van der Waals surface area contributed by atoms with Crippen LogP contribution in [-0.4, -0.2) is 31.7 Å². The van der Waals surface area contributed by atoms with Crippen LogP contribution in [0.15, 0.2) is 54.6 Å². The van der Waals surface area contributed by atoms with Gasteiger partial charge in [0, 0.05) is 36.7 Å². The molecule has 3 amide bonds. The number of amides is 3. The Labute approximate surface area is 160 Å². The Hall–Kier alpha value is -2.86. The summed E-state index contributed by atoms with van der Waals surface area (Å²) in [7, 11) is 0. The smallest absolute Gasteiger partial charge is 0.319 e. The van der Waals surface area contributed by atoms with E-state index < -0.39 is 0 Å². The molecule has 2 aromatic rings. The molecule has 0 saturated carbocycles. The molecule has 2 rings (SSSR count). The van der Waals surface area contributed by atoms with E-state index in [0.717, 1.165) is 18.7 Å². The number of anilines is 2. The van der Waals surface area contributed by atoms with Gasteiger partial charge in [-0.05, 0) is 48.7 Å². The number of rotatable bonds is 9. The van der Waals surface area contributed by atoms with Gasteiger partial charge in [-0.1, -0.05) is 32.0 Å². The van der Waals surface area contributed by atoms with Gasteiger partial charge < -0.3 is 20.7 Å². The molecule has 0 aromatic heterocycles. The maximum Gasteiger partial charge on any atom is 0.319 e. The fraction of sp³-hybridized carbons (Fsp3) is 0.333. The molecule has 0 unspecified atom stereocenters. The van der Waals surface area contributed by atoms with E-state index in [1.807, 2.05) is 30.3 Å². The summed E-state index contributed by atoms with van der Waals surface area (Å²) in [5.41, 5.74) is 1.88. The molecule has 0 aliphatic heterocycles. The number of para-hydroxylation sites is 1. The molecule has 0 atom stereocenters. The van der Waals surface area contributed by atoms with Crippen molar-refractivity contribution in [2.45, 2.75) is 20.3 Å². The molecule has 144 valence electrons. The summed E-state index contributed by atoms with van der Waals surface area (Å²) in [4.78, 5) is 24.1. The second-order valence-electron chi connectivity index (χ2n) is 6.60.